The van der Waals surface area contributed by atoms with Crippen LogP contribution in [-0.2, 0) is 0 Å². The van der Waals surface area contributed by atoms with Crippen LogP contribution < -0.4 is 5.32 Å². The van der Waals surface area contributed by atoms with Gasteiger partial charge in [-0.2, -0.15) is 5.26 Å². The van der Waals surface area contributed by atoms with Crippen LogP contribution >= 0.6 is 0 Å². The highest BCUT2D eigenvalue weighted by atomic mass is 19.3. The van der Waals surface area contributed by atoms with Crippen LogP contribution in [0, 0.1) is 11.3 Å². The predicted octanol–water partition coefficient (Wildman–Crippen LogP) is 3.02. The fourth-order valence-corrected chi connectivity index (χ4v) is 1.13. The summed E-state index contributed by atoms with van der Waals surface area (Å²) in [6, 6.07) is 8.74. The first-order valence-electron chi connectivity index (χ1n) is 4.63. The van der Waals surface area contributed by atoms with Crippen molar-refractivity contribution in [2.75, 3.05) is 11.9 Å². The van der Waals surface area contributed by atoms with Crippen LogP contribution in [0.5, 0.6) is 0 Å². The number of hydrogen-bond acceptors (Lipinski definition) is 2. The zero-order chi connectivity index (χ0) is 11.3. The number of nitriles is 1. The summed E-state index contributed by atoms with van der Waals surface area (Å²) >= 11 is 0. The van der Waals surface area contributed by atoms with Crippen LogP contribution in [0.4, 0.5) is 14.5 Å². The van der Waals surface area contributed by atoms with Gasteiger partial charge in [-0.25, -0.2) is 8.78 Å². The van der Waals surface area contributed by atoms with Gasteiger partial charge in [-0.3, -0.25) is 0 Å². The molecule has 0 saturated carbocycles. The Morgan fingerprint density at radius 1 is 1.47 bits per heavy atom. The Hall–Kier alpha value is -1.63. The molecule has 0 atom stereocenters. The minimum atomic E-state index is -2.65. The van der Waals surface area contributed by atoms with Crippen LogP contribution in [0.3, 0.4) is 0 Å². The molecule has 0 fully saturated rings. The number of hydrogen-bond donors (Lipinski definition) is 1. The van der Waals surface area contributed by atoms with Gasteiger partial charge < -0.3 is 5.32 Å². The highest BCUT2D eigenvalue weighted by Gasteiger charge is 2.19. The average molecular weight is 210 g/mol. The first-order chi connectivity index (χ1) is 7.01. The lowest BCUT2D eigenvalue weighted by Crippen LogP contribution is -2.16. The maximum atomic E-state index is 12.5. The van der Waals surface area contributed by atoms with E-state index in [4.69, 9.17) is 5.26 Å². The summed E-state index contributed by atoms with van der Waals surface area (Å²) in [5.74, 6) is -2.65. The van der Waals surface area contributed by atoms with E-state index in [2.05, 4.69) is 5.32 Å². The van der Waals surface area contributed by atoms with Gasteiger partial charge in [0.05, 0.1) is 11.6 Å². The van der Waals surface area contributed by atoms with Crippen molar-refractivity contribution in [1.29, 1.82) is 5.26 Å². The molecule has 0 aliphatic carbocycles. The largest absolute Gasteiger partial charge is 0.385 e. The van der Waals surface area contributed by atoms with E-state index in [0.29, 0.717) is 11.3 Å². The Kier molecular flexibility index (Phi) is 3.62. The zero-order valence-corrected chi connectivity index (χ0v) is 8.43. The molecule has 15 heavy (non-hydrogen) atoms. The molecule has 80 valence electrons. The lowest BCUT2D eigenvalue weighted by atomic mass is 10.2. The molecule has 1 rings (SSSR count). The van der Waals surface area contributed by atoms with Gasteiger partial charge in [0.1, 0.15) is 0 Å². The first kappa shape index (κ1) is 11.4. The molecule has 2 nitrogen and oxygen atoms in total. The minimum Gasteiger partial charge on any atom is -0.385 e. The van der Waals surface area contributed by atoms with E-state index in [1.807, 2.05) is 6.07 Å². The summed E-state index contributed by atoms with van der Waals surface area (Å²) < 4.78 is 25.0. The molecular weight excluding hydrogens is 198 g/mol. The Morgan fingerprint density at radius 3 is 2.80 bits per heavy atom. The molecule has 0 amide bonds. The standard InChI is InChI=1S/C11H12F2N2/c1-11(12,13)5-6-15-10-4-2-3-9(7-10)8-14/h2-4,7,15H,5-6H2,1H3. The number of nitrogens with zero attached hydrogens (tertiary/aromatic N) is 1. The molecular formula is C11H12F2N2. The fraction of sp³-hybridized carbons (Fsp3) is 0.364. The smallest absolute Gasteiger partial charge is 0.247 e. The highest BCUT2D eigenvalue weighted by Crippen LogP contribution is 2.17. The topological polar surface area (TPSA) is 35.8 Å². The summed E-state index contributed by atoms with van der Waals surface area (Å²) in [4.78, 5) is 0. The van der Waals surface area contributed by atoms with Crippen LogP contribution in [-0.4, -0.2) is 12.5 Å². The maximum absolute atomic E-state index is 12.5. The van der Waals surface area contributed by atoms with Crippen molar-refractivity contribution in [3.8, 4) is 6.07 Å². The van der Waals surface area contributed by atoms with Crippen LogP contribution in [0.2, 0.25) is 0 Å². The van der Waals surface area contributed by atoms with Crippen molar-refractivity contribution >= 4 is 5.69 Å². The Labute approximate surface area is 87.5 Å². The third kappa shape index (κ3) is 4.41. The average Bonchev–Trinajstić information content (AvgIpc) is 2.16. The Morgan fingerprint density at radius 2 is 2.20 bits per heavy atom. The number of nitrogens with one attached hydrogen (secondary N) is 1. The van der Waals surface area contributed by atoms with E-state index in [1.165, 1.54) is 0 Å². The van der Waals surface area contributed by atoms with Gasteiger partial charge in [0, 0.05) is 18.7 Å². The molecule has 1 N–H and O–H groups in total. The number of halogens is 2. The lowest BCUT2D eigenvalue weighted by Gasteiger charge is -2.11. The second-order valence-electron chi connectivity index (χ2n) is 3.44. The van der Waals surface area contributed by atoms with E-state index in [0.717, 1.165) is 6.92 Å². The fourth-order valence-electron chi connectivity index (χ4n) is 1.13. The third-order valence-corrected chi connectivity index (χ3v) is 1.88. The lowest BCUT2D eigenvalue weighted by molar-refractivity contribution is 0.0167. The van der Waals surface area contributed by atoms with Crippen molar-refractivity contribution in [2.24, 2.45) is 0 Å². The normalized spacial score (nSPS) is 10.8. The van der Waals surface area contributed by atoms with E-state index in [9.17, 15) is 8.78 Å². The van der Waals surface area contributed by atoms with Gasteiger partial charge in [0.25, 0.3) is 0 Å². The van der Waals surface area contributed by atoms with Crippen molar-refractivity contribution in [3.63, 3.8) is 0 Å². The van der Waals surface area contributed by atoms with Crippen LogP contribution in [0.25, 0.3) is 0 Å². The Balaban J connectivity index is 2.48. The monoisotopic (exact) mass is 210 g/mol. The van der Waals surface area contributed by atoms with Crippen LogP contribution in [0.15, 0.2) is 24.3 Å². The molecule has 0 bridgehead atoms. The second kappa shape index (κ2) is 4.74. The van der Waals surface area contributed by atoms with Gasteiger partial charge in [0.2, 0.25) is 5.92 Å². The maximum Gasteiger partial charge on any atom is 0.247 e. The quantitative estimate of drug-likeness (QED) is 0.829. The number of anilines is 1. The molecule has 0 aliphatic heterocycles. The minimum absolute atomic E-state index is 0.193. The third-order valence-electron chi connectivity index (χ3n) is 1.88. The zero-order valence-electron chi connectivity index (χ0n) is 8.43. The SMILES string of the molecule is CC(F)(F)CCNc1cccc(C#N)c1. The van der Waals surface area contributed by atoms with E-state index < -0.39 is 5.92 Å². The molecule has 0 heterocycles. The molecule has 0 saturated heterocycles. The van der Waals surface area contributed by atoms with Crippen molar-refractivity contribution in [1.82, 2.24) is 0 Å². The molecule has 0 unspecified atom stereocenters. The van der Waals surface area contributed by atoms with Gasteiger partial charge in [-0.15, -0.1) is 0 Å². The Bertz CT molecular complexity index is 364. The summed E-state index contributed by atoms with van der Waals surface area (Å²) in [7, 11) is 0. The highest BCUT2D eigenvalue weighted by molar-refractivity contribution is 5.48. The van der Waals surface area contributed by atoms with E-state index >= 15 is 0 Å². The van der Waals surface area contributed by atoms with E-state index in [1.54, 1.807) is 24.3 Å². The molecule has 0 aliphatic rings. The number of rotatable bonds is 4. The number of alkyl halides is 2. The van der Waals surface area contributed by atoms with Crippen molar-refractivity contribution in [3.05, 3.63) is 29.8 Å². The molecule has 1 aromatic rings. The summed E-state index contributed by atoms with van der Waals surface area (Å²) in [6.45, 7) is 1.08. The first-order valence-corrected chi connectivity index (χ1v) is 4.63. The predicted molar refractivity (Wildman–Crippen MR) is 54.9 cm³/mol. The van der Waals surface area contributed by atoms with Gasteiger partial charge in [-0.05, 0) is 25.1 Å². The van der Waals surface area contributed by atoms with Crippen molar-refractivity contribution in [2.45, 2.75) is 19.3 Å². The molecule has 1 aromatic carbocycles. The summed E-state index contributed by atoms with van der Waals surface area (Å²) in [5, 5.41) is 11.5. The second-order valence-corrected chi connectivity index (χ2v) is 3.44. The molecule has 4 heteroatoms. The van der Waals surface area contributed by atoms with Crippen LogP contribution in [0.1, 0.15) is 18.9 Å². The van der Waals surface area contributed by atoms with Crippen molar-refractivity contribution < 1.29 is 8.78 Å². The summed E-state index contributed by atoms with van der Waals surface area (Å²) in [5.41, 5.74) is 1.21. The van der Waals surface area contributed by atoms with E-state index in [-0.39, 0.29) is 13.0 Å². The summed E-state index contributed by atoms with van der Waals surface area (Å²) in [6.07, 6.45) is -0.218. The number of benzene rings is 1. The molecule has 0 spiro atoms. The van der Waals surface area contributed by atoms with Gasteiger partial charge in [0.15, 0.2) is 0 Å². The molecule has 0 aromatic heterocycles. The molecule has 0 radical (unpaired) electrons. The van der Waals surface area contributed by atoms with Gasteiger partial charge in [-0.1, -0.05) is 6.07 Å². The van der Waals surface area contributed by atoms with Gasteiger partial charge >= 0.3 is 0 Å².